The number of likely N-dealkylation sites (N-methyl/N-ethyl adjacent to an activating group) is 1. The van der Waals surface area contributed by atoms with Gasteiger partial charge in [-0.1, -0.05) is 6.92 Å². The van der Waals surface area contributed by atoms with Crippen LogP contribution in [0.3, 0.4) is 0 Å². The monoisotopic (exact) mass is 263 g/mol. The zero-order valence-corrected chi connectivity index (χ0v) is 12.6. The van der Waals surface area contributed by atoms with Crippen LogP contribution in [0.25, 0.3) is 0 Å². The average Bonchev–Trinajstić information content (AvgIpc) is 2.12. The highest BCUT2D eigenvalue weighted by Gasteiger charge is 2.32. The molecule has 0 bridgehead atoms. The molecule has 0 heterocycles. The third kappa shape index (κ3) is 4.76. The number of ketones is 1. The topological polar surface area (TPSA) is 63.2 Å². The molecule has 0 amide bonds. The lowest BCUT2D eigenvalue weighted by Gasteiger charge is -2.25. The molecule has 0 fully saturated rings. The third-order valence-electron chi connectivity index (χ3n) is 2.85. The molecule has 0 rings (SSSR count). The quantitative estimate of drug-likeness (QED) is 0.789. The summed E-state index contributed by atoms with van der Waals surface area (Å²) in [6.45, 7) is 11.1. The molecule has 0 atom stereocenters. The highest BCUT2D eigenvalue weighted by Crippen LogP contribution is 2.18. The van der Waals surface area contributed by atoms with E-state index >= 15 is 0 Å². The minimum absolute atomic E-state index is 0.0628. The molecule has 0 aliphatic carbocycles. The van der Waals surface area contributed by atoms with Crippen LogP contribution in [0, 0.1) is 0 Å². The summed E-state index contributed by atoms with van der Waals surface area (Å²) in [5, 5.41) is 3.05. The Labute approximate surface area is 105 Å². The zero-order chi connectivity index (χ0) is 13.9. The lowest BCUT2D eigenvalue weighted by atomic mass is 9.97. The predicted molar refractivity (Wildman–Crippen MR) is 70.9 cm³/mol. The first-order chi connectivity index (χ1) is 7.44. The molecule has 0 saturated carbocycles. The van der Waals surface area contributed by atoms with Gasteiger partial charge in [0.25, 0.3) is 0 Å². The van der Waals surface area contributed by atoms with Crippen molar-refractivity contribution in [2.45, 2.75) is 58.2 Å². The minimum atomic E-state index is -3.22. The molecule has 0 spiro atoms. The van der Waals surface area contributed by atoms with E-state index in [1.165, 1.54) is 0 Å². The summed E-state index contributed by atoms with van der Waals surface area (Å²) in [5.74, 6) is -0.142. The van der Waals surface area contributed by atoms with E-state index in [4.69, 9.17) is 0 Å². The largest absolute Gasteiger partial charge is 0.306 e. The van der Waals surface area contributed by atoms with Crippen molar-refractivity contribution in [3.05, 3.63) is 0 Å². The smallest absolute Gasteiger partial charge is 0.155 e. The second-order valence-corrected chi connectivity index (χ2v) is 8.62. The van der Waals surface area contributed by atoms with Crippen molar-refractivity contribution in [3.8, 4) is 0 Å². The van der Waals surface area contributed by atoms with Crippen LogP contribution >= 0.6 is 0 Å². The van der Waals surface area contributed by atoms with E-state index in [-0.39, 0.29) is 18.0 Å². The van der Waals surface area contributed by atoms with Crippen molar-refractivity contribution >= 4 is 15.6 Å². The molecule has 0 aromatic heterocycles. The van der Waals surface area contributed by atoms with E-state index < -0.39 is 20.1 Å². The highest BCUT2D eigenvalue weighted by atomic mass is 32.2. The molecule has 0 aliphatic rings. The Morgan fingerprint density at radius 1 is 1.12 bits per heavy atom. The number of sulfone groups is 1. The molecule has 1 N–H and O–H groups in total. The Hall–Kier alpha value is -0.420. The van der Waals surface area contributed by atoms with Crippen LogP contribution in [0.4, 0.5) is 0 Å². The maximum atomic E-state index is 11.9. The molecule has 0 radical (unpaired) electrons. The van der Waals surface area contributed by atoms with Gasteiger partial charge in [-0.2, -0.15) is 0 Å². The van der Waals surface area contributed by atoms with Crippen LogP contribution < -0.4 is 5.32 Å². The molecule has 5 heteroatoms. The molecule has 0 aliphatic heterocycles. The summed E-state index contributed by atoms with van der Waals surface area (Å²) in [5.41, 5.74) is -0.651. The summed E-state index contributed by atoms with van der Waals surface area (Å²) >= 11 is 0. The van der Waals surface area contributed by atoms with Crippen LogP contribution in [-0.2, 0) is 14.6 Å². The summed E-state index contributed by atoms with van der Waals surface area (Å²) in [7, 11) is -3.22. The molecule has 0 saturated heterocycles. The predicted octanol–water partition coefficient (Wildman–Crippen LogP) is 1.55. The van der Waals surface area contributed by atoms with E-state index in [1.807, 2.05) is 6.92 Å². The van der Waals surface area contributed by atoms with Crippen LogP contribution in [-0.4, -0.2) is 36.8 Å². The number of rotatable bonds is 6. The van der Waals surface area contributed by atoms with Gasteiger partial charge >= 0.3 is 0 Å². The number of nitrogens with one attached hydrogen (secondary N) is 1. The first kappa shape index (κ1) is 16.6. The fraction of sp³-hybridized carbons (Fsp3) is 0.917. The van der Waals surface area contributed by atoms with Crippen LogP contribution in [0.2, 0.25) is 0 Å². The minimum Gasteiger partial charge on any atom is -0.306 e. The number of hydrogen-bond acceptors (Lipinski definition) is 4. The Morgan fingerprint density at radius 3 is 1.94 bits per heavy atom. The van der Waals surface area contributed by atoms with Crippen molar-refractivity contribution in [2.75, 3.05) is 12.3 Å². The maximum absolute atomic E-state index is 11.9. The van der Waals surface area contributed by atoms with Crippen molar-refractivity contribution in [3.63, 3.8) is 0 Å². The lowest BCUT2D eigenvalue weighted by molar-refractivity contribution is -0.123. The molecular weight excluding hydrogens is 238 g/mol. The molecule has 4 nitrogen and oxygen atoms in total. The number of carbonyl (C=O) groups excluding carboxylic acids is 1. The van der Waals surface area contributed by atoms with Crippen molar-refractivity contribution < 1.29 is 13.2 Å². The van der Waals surface area contributed by atoms with E-state index in [2.05, 4.69) is 5.32 Å². The van der Waals surface area contributed by atoms with Gasteiger partial charge in [-0.15, -0.1) is 0 Å². The molecule has 102 valence electrons. The van der Waals surface area contributed by atoms with Gasteiger partial charge in [0.2, 0.25) is 0 Å². The van der Waals surface area contributed by atoms with Gasteiger partial charge in [-0.3, -0.25) is 4.79 Å². The molecule has 0 aromatic rings. The van der Waals surface area contributed by atoms with Crippen molar-refractivity contribution in [2.24, 2.45) is 0 Å². The van der Waals surface area contributed by atoms with Crippen LogP contribution in [0.5, 0.6) is 0 Å². The standard InChI is InChI=1S/C12H25NO3S/c1-7-13-12(5,6)10(14)8-9-17(15,16)11(2,3)4/h13H,7-9H2,1-6H3. The van der Waals surface area contributed by atoms with Crippen molar-refractivity contribution in [1.29, 1.82) is 0 Å². The van der Waals surface area contributed by atoms with Gasteiger partial charge in [0.1, 0.15) is 0 Å². The molecule has 17 heavy (non-hydrogen) atoms. The molecular formula is C12H25NO3S. The van der Waals surface area contributed by atoms with E-state index in [1.54, 1.807) is 34.6 Å². The second kappa shape index (κ2) is 5.48. The second-order valence-electron chi connectivity index (χ2n) is 5.76. The third-order valence-corrected chi connectivity index (χ3v) is 5.45. The highest BCUT2D eigenvalue weighted by molar-refractivity contribution is 7.92. The lowest BCUT2D eigenvalue weighted by Crippen LogP contribution is -2.47. The Morgan fingerprint density at radius 2 is 1.59 bits per heavy atom. The first-order valence-electron chi connectivity index (χ1n) is 5.94. The summed E-state index contributed by atoms with van der Waals surface area (Å²) in [6.07, 6.45) is 0.0691. The van der Waals surface area contributed by atoms with Crippen LogP contribution in [0.15, 0.2) is 0 Å². The Kier molecular flexibility index (Phi) is 5.35. The summed E-state index contributed by atoms with van der Waals surface area (Å²) in [4.78, 5) is 11.9. The molecule has 0 unspecified atom stereocenters. The fourth-order valence-electron chi connectivity index (χ4n) is 1.39. The Bertz CT molecular complexity index is 364. The maximum Gasteiger partial charge on any atom is 0.155 e. The number of hydrogen-bond donors (Lipinski definition) is 1. The number of carbonyl (C=O) groups is 1. The van der Waals surface area contributed by atoms with Gasteiger partial charge in [-0.05, 0) is 41.2 Å². The van der Waals surface area contributed by atoms with Gasteiger partial charge in [0.05, 0.1) is 16.0 Å². The normalized spacial score (nSPS) is 13.8. The van der Waals surface area contributed by atoms with Gasteiger partial charge in [0, 0.05) is 6.42 Å². The van der Waals surface area contributed by atoms with E-state index in [0.717, 1.165) is 0 Å². The SMILES string of the molecule is CCNC(C)(C)C(=O)CCS(=O)(=O)C(C)(C)C. The average molecular weight is 263 g/mol. The Balaban J connectivity index is 4.56. The number of Topliss-reactive ketones (excluding diaryl/α,β-unsaturated/α-hetero) is 1. The van der Waals surface area contributed by atoms with E-state index in [0.29, 0.717) is 6.54 Å². The summed E-state index contributed by atoms with van der Waals surface area (Å²) < 4.78 is 22.9. The first-order valence-corrected chi connectivity index (χ1v) is 7.60. The van der Waals surface area contributed by atoms with E-state index in [9.17, 15) is 13.2 Å². The molecule has 0 aromatic carbocycles. The van der Waals surface area contributed by atoms with Gasteiger partial charge in [-0.25, -0.2) is 8.42 Å². The summed E-state index contributed by atoms with van der Waals surface area (Å²) in [6, 6.07) is 0. The van der Waals surface area contributed by atoms with Gasteiger partial charge in [0.15, 0.2) is 15.6 Å². The fourth-order valence-corrected chi connectivity index (χ4v) is 2.45. The van der Waals surface area contributed by atoms with Gasteiger partial charge < -0.3 is 5.32 Å². The zero-order valence-electron chi connectivity index (χ0n) is 11.8. The van der Waals surface area contributed by atoms with Crippen molar-refractivity contribution in [1.82, 2.24) is 5.32 Å². The van der Waals surface area contributed by atoms with Crippen LogP contribution in [0.1, 0.15) is 48.0 Å².